The van der Waals surface area contributed by atoms with Gasteiger partial charge in [0.2, 0.25) is 0 Å². The molecule has 0 aliphatic carbocycles. The van der Waals surface area contributed by atoms with Crippen LogP contribution < -0.4 is 4.74 Å². The Bertz CT molecular complexity index is 610. The third-order valence-electron chi connectivity index (χ3n) is 3.56. The first-order valence-electron chi connectivity index (χ1n) is 7.11. The fourth-order valence-electron chi connectivity index (χ4n) is 2.16. The third-order valence-corrected chi connectivity index (χ3v) is 4.01. The summed E-state index contributed by atoms with van der Waals surface area (Å²) in [5.74, 6) is 0.735. The predicted octanol–water partition coefficient (Wildman–Crippen LogP) is 4.00. The summed E-state index contributed by atoms with van der Waals surface area (Å²) in [4.78, 5) is 0. The Balaban J connectivity index is 2.11. The summed E-state index contributed by atoms with van der Waals surface area (Å²) in [5, 5.41) is 14.0. The monoisotopic (exact) mass is 352 g/mol. The van der Waals surface area contributed by atoms with Gasteiger partial charge in [0, 0.05) is 22.3 Å². The lowest BCUT2D eigenvalue weighted by Crippen LogP contribution is -2.06. The van der Waals surface area contributed by atoms with E-state index in [1.165, 1.54) is 0 Å². The van der Waals surface area contributed by atoms with Crippen molar-refractivity contribution in [2.45, 2.75) is 46.4 Å². The van der Waals surface area contributed by atoms with Gasteiger partial charge in [-0.3, -0.25) is 4.68 Å². The molecule has 5 heteroatoms. The first-order valence-corrected chi connectivity index (χ1v) is 7.91. The lowest BCUT2D eigenvalue weighted by atomic mass is 10.1. The molecule has 0 spiro atoms. The van der Waals surface area contributed by atoms with Crippen LogP contribution in [0.1, 0.15) is 43.1 Å². The van der Waals surface area contributed by atoms with Crippen molar-refractivity contribution in [2.24, 2.45) is 0 Å². The summed E-state index contributed by atoms with van der Waals surface area (Å²) >= 11 is 3.43. The van der Waals surface area contributed by atoms with E-state index in [0.29, 0.717) is 12.6 Å². The second kappa shape index (κ2) is 7.09. The molecule has 114 valence electrons. The number of hydrogen-bond donors (Lipinski definition) is 1. The molecule has 1 aromatic carbocycles. The van der Waals surface area contributed by atoms with Gasteiger partial charge >= 0.3 is 0 Å². The zero-order chi connectivity index (χ0) is 15.4. The first kappa shape index (κ1) is 16.0. The highest BCUT2D eigenvalue weighted by Gasteiger charge is 2.10. The van der Waals surface area contributed by atoms with Crippen molar-refractivity contribution in [3.8, 4) is 5.75 Å². The maximum Gasteiger partial charge on any atom is 0.132 e. The molecule has 1 atom stereocenters. The largest absolute Gasteiger partial charge is 0.487 e. The molecular formula is C16H21BrN2O2. The molecule has 0 fully saturated rings. The van der Waals surface area contributed by atoms with Crippen LogP contribution in [-0.4, -0.2) is 14.9 Å². The van der Waals surface area contributed by atoms with E-state index in [1.807, 2.05) is 36.0 Å². The number of hydrogen-bond acceptors (Lipinski definition) is 3. The Kier molecular flexibility index (Phi) is 5.42. The molecule has 1 N–H and O–H groups in total. The first-order chi connectivity index (χ1) is 10.0. The van der Waals surface area contributed by atoms with Gasteiger partial charge in [-0.2, -0.15) is 5.10 Å². The zero-order valence-corrected chi connectivity index (χ0v) is 14.2. The van der Waals surface area contributed by atoms with Gasteiger partial charge in [-0.25, -0.2) is 0 Å². The molecule has 0 saturated carbocycles. The third kappa shape index (κ3) is 3.86. The number of aliphatic hydroxyl groups excluding tert-OH is 1. The number of aliphatic hydroxyl groups is 1. The fourth-order valence-corrected chi connectivity index (χ4v) is 2.78. The van der Waals surface area contributed by atoms with E-state index in [0.717, 1.165) is 33.5 Å². The van der Waals surface area contributed by atoms with Gasteiger partial charge in [-0.1, -0.05) is 22.9 Å². The van der Waals surface area contributed by atoms with Crippen LogP contribution in [0, 0.1) is 6.92 Å². The molecule has 0 aliphatic rings. The van der Waals surface area contributed by atoms with Crippen molar-refractivity contribution in [1.82, 2.24) is 9.78 Å². The average Bonchev–Trinajstić information content (AvgIpc) is 2.93. The number of nitrogens with zero attached hydrogens (tertiary/aromatic N) is 2. The standard InChI is InChI=1S/C16H21BrN2O2/c1-4-12(3)19-6-5-15(18-19)10-21-16-11(2)7-14(17)8-13(16)9-20/h5-8,12,20H,4,9-10H2,1-3H3. The van der Waals surface area contributed by atoms with Crippen LogP contribution in [0.5, 0.6) is 5.75 Å². The Morgan fingerprint density at radius 2 is 2.19 bits per heavy atom. The highest BCUT2D eigenvalue weighted by atomic mass is 79.9. The molecule has 0 saturated heterocycles. The normalized spacial score (nSPS) is 12.4. The maximum absolute atomic E-state index is 9.45. The number of halogens is 1. The van der Waals surface area contributed by atoms with E-state index in [9.17, 15) is 5.11 Å². The van der Waals surface area contributed by atoms with Crippen molar-refractivity contribution in [3.05, 3.63) is 45.7 Å². The Hall–Kier alpha value is -1.33. The van der Waals surface area contributed by atoms with Gasteiger partial charge in [-0.05, 0) is 44.0 Å². The lowest BCUT2D eigenvalue weighted by Gasteiger charge is -2.13. The molecule has 21 heavy (non-hydrogen) atoms. The van der Waals surface area contributed by atoms with Crippen LogP contribution in [0.15, 0.2) is 28.9 Å². The van der Waals surface area contributed by atoms with Crippen molar-refractivity contribution in [3.63, 3.8) is 0 Å². The summed E-state index contributed by atoms with van der Waals surface area (Å²) in [5.41, 5.74) is 2.67. The summed E-state index contributed by atoms with van der Waals surface area (Å²) < 4.78 is 8.77. The van der Waals surface area contributed by atoms with Gasteiger partial charge in [0.25, 0.3) is 0 Å². The Morgan fingerprint density at radius 1 is 1.43 bits per heavy atom. The molecular weight excluding hydrogens is 332 g/mol. The lowest BCUT2D eigenvalue weighted by molar-refractivity contribution is 0.255. The van der Waals surface area contributed by atoms with Crippen molar-refractivity contribution >= 4 is 15.9 Å². The summed E-state index contributed by atoms with van der Waals surface area (Å²) in [6.45, 7) is 6.61. The van der Waals surface area contributed by atoms with Crippen molar-refractivity contribution < 1.29 is 9.84 Å². The average molecular weight is 353 g/mol. The SMILES string of the molecule is CCC(C)n1ccc(COc2c(C)cc(Br)cc2CO)n1. The smallest absolute Gasteiger partial charge is 0.132 e. The molecule has 0 amide bonds. The van der Waals surface area contributed by atoms with E-state index >= 15 is 0 Å². The van der Waals surface area contributed by atoms with Crippen LogP contribution in [0.3, 0.4) is 0 Å². The number of benzene rings is 1. The molecule has 0 bridgehead atoms. The molecule has 4 nitrogen and oxygen atoms in total. The van der Waals surface area contributed by atoms with Gasteiger partial charge < -0.3 is 9.84 Å². The van der Waals surface area contributed by atoms with Gasteiger partial charge in [-0.15, -0.1) is 0 Å². The minimum atomic E-state index is -0.0447. The highest BCUT2D eigenvalue weighted by molar-refractivity contribution is 9.10. The topological polar surface area (TPSA) is 47.3 Å². The molecule has 0 aliphatic heterocycles. The molecule has 1 heterocycles. The van der Waals surface area contributed by atoms with Gasteiger partial charge in [0.05, 0.1) is 12.3 Å². The van der Waals surface area contributed by atoms with Crippen molar-refractivity contribution in [1.29, 1.82) is 0 Å². The fraction of sp³-hybridized carbons (Fsp3) is 0.438. The van der Waals surface area contributed by atoms with Crippen LogP contribution in [0.25, 0.3) is 0 Å². The second-order valence-corrected chi connectivity index (χ2v) is 6.12. The zero-order valence-electron chi connectivity index (χ0n) is 12.6. The van der Waals surface area contributed by atoms with Crippen LogP contribution in [0.2, 0.25) is 0 Å². The number of rotatable bonds is 6. The van der Waals surface area contributed by atoms with E-state index in [4.69, 9.17) is 4.74 Å². The highest BCUT2D eigenvalue weighted by Crippen LogP contribution is 2.28. The van der Waals surface area contributed by atoms with Crippen LogP contribution >= 0.6 is 15.9 Å². The number of aromatic nitrogens is 2. The second-order valence-electron chi connectivity index (χ2n) is 5.20. The molecule has 0 radical (unpaired) electrons. The number of ether oxygens (including phenoxy) is 1. The summed E-state index contributed by atoms with van der Waals surface area (Å²) in [7, 11) is 0. The van der Waals surface area contributed by atoms with Crippen LogP contribution in [0.4, 0.5) is 0 Å². The van der Waals surface area contributed by atoms with E-state index in [1.54, 1.807) is 0 Å². The molecule has 1 unspecified atom stereocenters. The Morgan fingerprint density at radius 3 is 2.86 bits per heavy atom. The Labute approximate surface area is 133 Å². The quantitative estimate of drug-likeness (QED) is 0.854. The van der Waals surface area contributed by atoms with E-state index < -0.39 is 0 Å². The van der Waals surface area contributed by atoms with E-state index in [2.05, 4.69) is 34.9 Å². The molecule has 1 aromatic heterocycles. The van der Waals surface area contributed by atoms with E-state index in [-0.39, 0.29) is 6.61 Å². The predicted molar refractivity (Wildman–Crippen MR) is 86.4 cm³/mol. The minimum absolute atomic E-state index is 0.0447. The maximum atomic E-state index is 9.45. The number of aryl methyl sites for hydroxylation is 1. The van der Waals surface area contributed by atoms with Crippen LogP contribution in [-0.2, 0) is 13.2 Å². The van der Waals surface area contributed by atoms with Gasteiger partial charge in [0.1, 0.15) is 12.4 Å². The van der Waals surface area contributed by atoms with Gasteiger partial charge in [0.15, 0.2) is 0 Å². The molecule has 2 rings (SSSR count). The van der Waals surface area contributed by atoms with Crippen molar-refractivity contribution in [2.75, 3.05) is 0 Å². The minimum Gasteiger partial charge on any atom is -0.487 e. The summed E-state index contributed by atoms with van der Waals surface area (Å²) in [6.07, 6.45) is 3.02. The molecule has 2 aromatic rings. The summed E-state index contributed by atoms with van der Waals surface area (Å²) in [6, 6.07) is 6.21.